The van der Waals surface area contributed by atoms with Crippen LogP contribution in [0.1, 0.15) is 26.0 Å². The smallest absolute Gasteiger partial charge is 0.139 e. The molecule has 0 saturated carbocycles. The fourth-order valence-corrected chi connectivity index (χ4v) is 0.978. The second-order valence-corrected chi connectivity index (χ2v) is 3.55. The highest BCUT2D eigenvalue weighted by Crippen LogP contribution is 2.15. The molecule has 70 valence electrons. The summed E-state index contributed by atoms with van der Waals surface area (Å²) >= 11 is 0. The Kier molecular flexibility index (Phi) is 2.66. The summed E-state index contributed by atoms with van der Waals surface area (Å²) in [7, 11) is 0. The molecular weight excluding hydrogens is 169 g/mol. The number of aryl methyl sites for hydroxylation is 1. The summed E-state index contributed by atoms with van der Waals surface area (Å²) in [6.07, 6.45) is 3.41. The van der Waals surface area contributed by atoms with Crippen molar-refractivity contribution in [2.24, 2.45) is 0 Å². The predicted molar refractivity (Wildman–Crippen MR) is 46.7 cm³/mol. The van der Waals surface area contributed by atoms with Crippen molar-refractivity contribution in [3.8, 4) is 6.07 Å². The number of hydrogen-bond acceptors (Lipinski definition) is 2. The van der Waals surface area contributed by atoms with Crippen molar-refractivity contribution in [1.82, 2.24) is 9.55 Å². The molecule has 0 saturated heterocycles. The molecule has 0 amide bonds. The Labute approximate surface area is 76.8 Å². The highest BCUT2D eigenvalue weighted by molar-refractivity contribution is 5.16. The topological polar surface area (TPSA) is 41.6 Å². The van der Waals surface area contributed by atoms with Gasteiger partial charge in [-0.15, -0.1) is 0 Å². The van der Waals surface area contributed by atoms with Crippen LogP contribution in [-0.2, 0) is 6.54 Å². The van der Waals surface area contributed by atoms with Crippen LogP contribution in [-0.4, -0.2) is 15.2 Å². The molecule has 0 unspecified atom stereocenters. The molecule has 0 N–H and O–H groups in total. The molecule has 0 aliphatic heterocycles. The van der Waals surface area contributed by atoms with E-state index in [0.717, 1.165) is 0 Å². The van der Waals surface area contributed by atoms with Gasteiger partial charge >= 0.3 is 0 Å². The summed E-state index contributed by atoms with van der Waals surface area (Å²) < 4.78 is 14.8. The summed E-state index contributed by atoms with van der Waals surface area (Å²) in [5.74, 6) is 0. The molecule has 0 aromatic carbocycles. The SMILES string of the molecule is CC(C)(F)CCn1cncc1C#N. The molecule has 1 aromatic heterocycles. The number of aromatic nitrogens is 2. The van der Waals surface area contributed by atoms with E-state index in [0.29, 0.717) is 18.7 Å². The highest BCUT2D eigenvalue weighted by atomic mass is 19.1. The van der Waals surface area contributed by atoms with Crippen molar-refractivity contribution in [3.63, 3.8) is 0 Å². The molecule has 1 aromatic rings. The molecule has 0 atom stereocenters. The zero-order chi connectivity index (χ0) is 9.90. The van der Waals surface area contributed by atoms with Crippen LogP contribution in [0.5, 0.6) is 0 Å². The van der Waals surface area contributed by atoms with Gasteiger partial charge in [-0.2, -0.15) is 5.26 Å². The Morgan fingerprint density at radius 1 is 1.69 bits per heavy atom. The molecule has 0 aliphatic rings. The van der Waals surface area contributed by atoms with Crippen LogP contribution in [0.25, 0.3) is 0 Å². The van der Waals surface area contributed by atoms with Crippen LogP contribution < -0.4 is 0 Å². The van der Waals surface area contributed by atoms with E-state index in [-0.39, 0.29) is 0 Å². The fourth-order valence-electron chi connectivity index (χ4n) is 0.978. The van der Waals surface area contributed by atoms with Gasteiger partial charge in [-0.25, -0.2) is 9.37 Å². The third-order valence-electron chi connectivity index (χ3n) is 1.77. The molecule has 1 heterocycles. The minimum Gasteiger partial charge on any atom is -0.322 e. The summed E-state index contributed by atoms with van der Waals surface area (Å²) in [6, 6.07) is 1.99. The number of nitrogens with zero attached hydrogens (tertiary/aromatic N) is 3. The van der Waals surface area contributed by atoms with E-state index in [1.807, 2.05) is 6.07 Å². The minimum absolute atomic E-state index is 0.387. The third-order valence-corrected chi connectivity index (χ3v) is 1.77. The van der Waals surface area contributed by atoms with Gasteiger partial charge in [0.15, 0.2) is 0 Å². The van der Waals surface area contributed by atoms with Gasteiger partial charge in [-0.3, -0.25) is 0 Å². The first-order valence-electron chi connectivity index (χ1n) is 4.12. The van der Waals surface area contributed by atoms with Gasteiger partial charge in [-0.1, -0.05) is 0 Å². The normalized spacial score (nSPS) is 11.2. The Hall–Kier alpha value is -1.37. The average molecular weight is 181 g/mol. The van der Waals surface area contributed by atoms with Crippen LogP contribution in [0.4, 0.5) is 4.39 Å². The molecule has 13 heavy (non-hydrogen) atoms. The van der Waals surface area contributed by atoms with Gasteiger partial charge in [0.05, 0.1) is 12.5 Å². The lowest BCUT2D eigenvalue weighted by molar-refractivity contribution is 0.192. The summed E-state index contributed by atoms with van der Waals surface area (Å²) in [5, 5.41) is 8.63. The average Bonchev–Trinajstić information content (AvgIpc) is 2.46. The molecule has 4 heteroatoms. The Morgan fingerprint density at radius 3 is 2.92 bits per heavy atom. The summed E-state index contributed by atoms with van der Waals surface area (Å²) in [6.45, 7) is 3.54. The lowest BCUT2D eigenvalue weighted by atomic mass is 10.1. The first-order chi connectivity index (χ1) is 6.03. The van der Waals surface area contributed by atoms with Crippen LogP contribution >= 0.6 is 0 Å². The van der Waals surface area contributed by atoms with Crippen molar-refractivity contribution in [2.45, 2.75) is 32.5 Å². The van der Waals surface area contributed by atoms with E-state index in [9.17, 15) is 4.39 Å². The second kappa shape index (κ2) is 3.56. The van der Waals surface area contributed by atoms with E-state index in [1.165, 1.54) is 20.0 Å². The monoisotopic (exact) mass is 181 g/mol. The van der Waals surface area contributed by atoms with Crippen molar-refractivity contribution >= 4 is 0 Å². The molecule has 0 spiro atoms. The zero-order valence-electron chi connectivity index (χ0n) is 7.79. The van der Waals surface area contributed by atoms with Crippen LogP contribution in [0.3, 0.4) is 0 Å². The van der Waals surface area contributed by atoms with Crippen molar-refractivity contribution in [1.29, 1.82) is 5.26 Å². The predicted octanol–water partition coefficient (Wildman–Crippen LogP) is 1.89. The van der Waals surface area contributed by atoms with E-state index < -0.39 is 5.67 Å². The van der Waals surface area contributed by atoms with Crippen molar-refractivity contribution < 1.29 is 4.39 Å². The van der Waals surface area contributed by atoms with Gasteiger partial charge in [0.25, 0.3) is 0 Å². The maximum Gasteiger partial charge on any atom is 0.139 e. The first kappa shape index (κ1) is 9.72. The maximum absolute atomic E-state index is 13.1. The molecule has 3 nitrogen and oxygen atoms in total. The quantitative estimate of drug-likeness (QED) is 0.714. The molecular formula is C9H12FN3. The Morgan fingerprint density at radius 2 is 2.38 bits per heavy atom. The van der Waals surface area contributed by atoms with E-state index in [1.54, 1.807) is 10.9 Å². The van der Waals surface area contributed by atoms with E-state index in [4.69, 9.17) is 5.26 Å². The van der Waals surface area contributed by atoms with E-state index in [2.05, 4.69) is 4.98 Å². The van der Waals surface area contributed by atoms with Crippen LogP contribution in [0.15, 0.2) is 12.5 Å². The fraction of sp³-hybridized carbons (Fsp3) is 0.556. The van der Waals surface area contributed by atoms with Gasteiger partial charge in [0.1, 0.15) is 17.4 Å². The third kappa shape index (κ3) is 2.86. The van der Waals surface area contributed by atoms with Gasteiger partial charge in [-0.05, 0) is 20.3 Å². The Balaban J connectivity index is 2.61. The largest absolute Gasteiger partial charge is 0.322 e. The number of nitriles is 1. The number of imidazole rings is 1. The maximum atomic E-state index is 13.1. The molecule has 0 fully saturated rings. The molecule has 0 radical (unpaired) electrons. The second-order valence-electron chi connectivity index (χ2n) is 3.55. The van der Waals surface area contributed by atoms with Crippen molar-refractivity contribution in [2.75, 3.05) is 0 Å². The first-order valence-corrected chi connectivity index (χ1v) is 4.12. The number of hydrogen-bond donors (Lipinski definition) is 0. The van der Waals surface area contributed by atoms with E-state index >= 15 is 0 Å². The molecule has 0 bridgehead atoms. The standard InChI is InChI=1S/C9H12FN3/c1-9(2,10)3-4-13-7-12-6-8(13)5-11/h6-7H,3-4H2,1-2H3. The van der Waals surface area contributed by atoms with Crippen LogP contribution in [0.2, 0.25) is 0 Å². The van der Waals surface area contributed by atoms with Gasteiger partial charge < -0.3 is 4.57 Å². The lowest BCUT2D eigenvalue weighted by Gasteiger charge is -2.13. The summed E-state index contributed by atoms with van der Waals surface area (Å²) in [5.41, 5.74) is -0.721. The zero-order valence-corrected chi connectivity index (χ0v) is 7.79. The Bertz CT molecular complexity index is 316. The molecule has 0 aliphatic carbocycles. The number of halogens is 1. The van der Waals surface area contributed by atoms with Crippen LogP contribution in [0, 0.1) is 11.3 Å². The van der Waals surface area contributed by atoms with Gasteiger partial charge in [0, 0.05) is 6.54 Å². The lowest BCUT2D eigenvalue weighted by Crippen LogP contribution is -2.15. The highest BCUT2D eigenvalue weighted by Gasteiger charge is 2.15. The van der Waals surface area contributed by atoms with Gasteiger partial charge in [0.2, 0.25) is 0 Å². The minimum atomic E-state index is -1.20. The molecule has 1 rings (SSSR count). The number of rotatable bonds is 3. The number of alkyl halides is 1. The van der Waals surface area contributed by atoms with Crippen molar-refractivity contribution in [3.05, 3.63) is 18.2 Å². The summed E-state index contributed by atoms with van der Waals surface area (Å²) in [4.78, 5) is 3.81.